The molecule has 3 unspecified atom stereocenters. The number of halogens is 2. The number of aliphatic imine (C=N–C) groups is 1. The average molecular weight is 435 g/mol. The minimum atomic E-state index is -0.492. The van der Waals surface area contributed by atoms with Crippen molar-refractivity contribution in [3.05, 3.63) is 53.0 Å². The van der Waals surface area contributed by atoms with Gasteiger partial charge in [-0.3, -0.25) is 14.8 Å². The van der Waals surface area contributed by atoms with Crippen molar-refractivity contribution in [1.29, 1.82) is 0 Å². The monoisotopic (exact) mass is 434 g/mol. The van der Waals surface area contributed by atoms with Gasteiger partial charge >= 0.3 is 0 Å². The van der Waals surface area contributed by atoms with Crippen molar-refractivity contribution in [2.24, 2.45) is 10.9 Å². The Morgan fingerprint density at radius 2 is 2.34 bits per heavy atom. The Morgan fingerprint density at radius 1 is 1.52 bits per heavy atom. The largest absolute Gasteiger partial charge is 0.338 e. The zero-order valence-corrected chi connectivity index (χ0v) is 18.3. The van der Waals surface area contributed by atoms with Crippen LogP contribution in [0.2, 0.25) is 0 Å². The number of likely N-dealkylation sites (tertiary alicyclic amines) is 1. The third kappa shape index (κ3) is 5.47. The van der Waals surface area contributed by atoms with Crippen LogP contribution in [0.1, 0.15) is 43.5 Å². The van der Waals surface area contributed by atoms with Crippen LogP contribution in [0.4, 0.5) is 0 Å². The molecule has 1 fully saturated rings. The van der Waals surface area contributed by atoms with Gasteiger partial charge in [0.2, 0.25) is 0 Å². The van der Waals surface area contributed by atoms with E-state index in [9.17, 15) is 4.79 Å². The lowest BCUT2D eigenvalue weighted by Crippen LogP contribution is -2.35. The number of carbonyl (C=O) groups is 1. The molecule has 156 valence electrons. The van der Waals surface area contributed by atoms with Crippen LogP contribution >= 0.6 is 23.2 Å². The van der Waals surface area contributed by atoms with E-state index in [4.69, 9.17) is 23.2 Å². The molecule has 1 aromatic heterocycles. The Bertz CT molecular complexity index is 806. The number of aryl methyl sites for hydroxylation is 1. The number of aromatic nitrogens is 1. The number of amides is 1. The van der Waals surface area contributed by atoms with E-state index in [-0.39, 0.29) is 10.9 Å². The number of nitrogens with one attached hydrogen (secondary N) is 1. The van der Waals surface area contributed by atoms with Crippen LogP contribution in [-0.4, -0.2) is 47.0 Å². The fourth-order valence-electron chi connectivity index (χ4n) is 4.12. The van der Waals surface area contributed by atoms with E-state index in [2.05, 4.69) is 27.9 Å². The summed E-state index contributed by atoms with van der Waals surface area (Å²) in [5.74, 6) is 0.292. The molecule has 0 aromatic carbocycles. The molecule has 1 aliphatic heterocycles. The van der Waals surface area contributed by atoms with Gasteiger partial charge in [-0.05, 0) is 50.2 Å². The Morgan fingerprint density at radius 3 is 3.10 bits per heavy atom. The summed E-state index contributed by atoms with van der Waals surface area (Å²) < 4.78 is 0. The van der Waals surface area contributed by atoms with Crippen molar-refractivity contribution in [3.8, 4) is 0 Å². The highest BCUT2D eigenvalue weighted by Gasteiger charge is 2.31. The zero-order valence-electron chi connectivity index (χ0n) is 16.8. The first kappa shape index (κ1) is 22.0. The number of carbonyl (C=O) groups excluding carboxylic acids is 1. The topological polar surface area (TPSA) is 57.6 Å². The molecule has 3 rings (SSSR count). The molecule has 3 atom stereocenters. The third-order valence-electron chi connectivity index (χ3n) is 5.60. The molecule has 0 saturated carbocycles. The van der Waals surface area contributed by atoms with E-state index in [0.717, 1.165) is 25.8 Å². The standard InChI is InChI=1S/C22H28Cl2N4O/c1-3-25-13-18(24)20(15(2)23)22(29)28-11-9-16(14-28)12-27-19-8-4-6-17-7-5-10-26-21(17)19/h3,5,7,10,13,15-16,19,27H,1,4,6,8-9,11-12,14H2,2H3/b20-18-,25-13?. The van der Waals surface area contributed by atoms with Gasteiger partial charge < -0.3 is 10.2 Å². The Balaban J connectivity index is 1.59. The fourth-order valence-corrected chi connectivity index (χ4v) is 4.69. The summed E-state index contributed by atoms with van der Waals surface area (Å²) in [5.41, 5.74) is 2.92. The second-order valence-electron chi connectivity index (χ2n) is 7.65. The van der Waals surface area contributed by atoms with Gasteiger partial charge in [0, 0.05) is 44.3 Å². The Kier molecular flexibility index (Phi) is 7.87. The predicted molar refractivity (Wildman–Crippen MR) is 119 cm³/mol. The molecule has 2 aliphatic rings. The van der Waals surface area contributed by atoms with E-state index in [1.165, 1.54) is 30.1 Å². The van der Waals surface area contributed by atoms with Gasteiger partial charge in [-0.2, -0.15) is 0 Å². The number of allylic oxidation sites excluding steroid dienone is 1. The number of hydrogen-bond acceptors (Lipinski definition) is 4. The molecular weight excluding hydrogens is 407 g/mol. The molecule has 1 aromatic rings. The van der Waals surface area contributed by atoms with Gasteiger partial charge in [0.15, 0.2) is 0 Å². The molecule has 1 amide bonds. The van der Waals surface area contributed by atoms with Gasteiger partial charge in [0.05, 0.1) is 21.7 Å². The zero-order chi connectivity index (χ0) is 20.8. The molecule has 0 radical (unpaired) electrons. The molecule has 1 aliphatic carbocycles. The molecule has 5 nitrogen and oxygen atoms in total. The van der Waals surface area contributed by atoms with Gasteiger partial charge in [-0.1, -0.05) is 24.2 Å². The van der Waals surface area contributed by atoms with Crippen LogP contribution < -0.4 is 5.32 Å². The van der Waals surface area contributed by atoms with Gasteiger partial charge in [0.25, 0.3) is 5.91 Å². The number of alkyl halides is 1. The number of pyridine rings is 1. The van der Waals surface area contributed by atoms with Crippen LogP contribution in [-0.2, 0) is 11.2 Å². The third-order valence-corrected chi connectivity index (χ3v) is 6.12. The Labute approximate surface area is 182 Å². The fraction of sp³-hybridized carbons (Fsp3) is 0.500. The highest BCUT2D eigenvalue weighted by molar-refractivity contribution is 6.42. The second kappa shape index (κ2) is 10.4. The first-order chi connectivity index (χ1) is 14.0. The van der Waals surface area contributed by atoms with Crippen LogP contribution in [0, 0.1) is 5.92 Å². The van der Waals surface area contributed by atoms with Crippen LogP contribution in [0.3, 0.4) is 0 Å². The quantitative estimate of drug-likeness (QED) is 0.396. The second-order valence-corrected chi connectivity index (χ2v) is 8.71. The molecular formula is C22H28Cl2N4O. The van der Waals surface area contributed by atoms with Crippen molar-refractivity contribution in [1.82, 2.24) is 15.2 Å². The summed E-state index contributed by atoms with van der Waals surface area (Å²) in [6, 6.07) is 4.48. The van der Waals surface area contributed by atoms with E-state index in [0.29, 0.717) is 30.6 Å². The summed E-state index contributed by atoms with van der Waals surface area (Å²) in [4.78, 5) is 23.3. The van der Waals surface area contributed by atoms with Crippen LogP contribution in [0.15, 0.2) is 46.7 Å². The van der Waals surface area contributed by atoms with Gasteiger partial charge in [-0.25, -0.2) is 0 Å². The summed E-state index contributed by atoms with van der Waals surface area (Å²) in [6.45, 7) is 7.55. The minimum absolute atomic E-state index is 0.111. The SMILES string of the molecule is C=CN=C/C(Cl)=C(/C(=O)N1CCC(CNC2CCCc3cccnc32)C1)C(C)Cl. The lowest BCUT2D eigenvalue weighted by atomic mass is 9.91. The van der Waals surface area contributed by atoms with Crippen molar-refractivity contribution in [2.75, 3.05) is 19.6 Å². The summed E-state index contributed by atoms with van der Waals surface area (Å²) in [7, 11) is 0. The maximum Gasteiger partial charge on any atom is 0.252 e. The molecule has 29 heavy (non-hydrogen) atoms. The first-order valence-electron chi connectivity index (χ1n) is 10.2. The lowest BCUT2D eigenvalue weighted by molar-refractivity contribution is -0.126. The average Bonchev–Trinajstić information content (AvgIpc) is 3.19. The smallest absolute Gasteiger partial charge is 0.252 e. The van der Waals surface area contributed by atoms with E-state index in [1.807, 2.05) is 17.2 Å². The van der Waals surface area contributed by atoms with Crippen LogP contribution in [0.5, 0.6) is 0 Å². The highest BCUT2D eigenvalue weighted by atomic mass is 35.5. The molecule has 7 heteroatoms. The number of rotatable bonds is 7. The van der Waals surface area contributed by atoms with Crippen LogP contribution in [0.25, 0.3) is 0 Å². The number of hydrogen-bond donors (Lipinski definition) is 1. The number of nitrogens with zero attached hydrogens (tertiary/aromatic N) is 3. The van der Waals surface area contributed by atoms with Crippen molar-refractivity contribution < 1.29 is 4.79 Å². The molecule has 1 N–H and O–H groups in total. The van der Waals surface area contributed by atoms with Gasteiger partial charge in [0.1, 0.15) is 0 Å². The van der Waals surface area contributed by atoms with Crippen molar-refractivity contribution >= 4 is 35.3 Å². The maximum absolute atomic E-state index is 13.0. The van der Waals surface area contributed by atoms with Crippen molar-refractivity contribution in [3.63, 3.8) is 0 Å². The normalized spacial score (nSPS) is 23.6. The highest BCUT2D eigenvalue weighted by Crippen LogP contribution is 2.29. The number of fused-ring (bicyclic) bond motifs is 1. The molecule has 1 saturated heterocycles. The maximum atomic E-state index is 13.0. The Hall–Kier alpha value is -1.69. The summed E-state index contributed by atoms with van der Waals surface area (Å²) >= 11 is 12.5. The summed E-state index contributed by atoms with van der Waals surface area (Å²) in [5, 5.41) is 3.46. The molecule has 0 bridgehead atoms. The van der Waals surface area contributed by atoms with E-state index >= 15 is 0 Å². The van der Waals surface area contributed by atoms with Gasteiger partial charge in [-0.15, -0.1) is 11.6 Å². The summed E-state index contributed by atoms with van der Waals surface area (Å²) in [6.07, 6.45) is 9.02. The minimum Gasteiger partial charge on any atom is -0.338 e. The lowest BCUT2D eigenvalue weighted by Gasteiger charge is -2.26. The molecule has 0 spiro atoms. The first-order valence-corrected chi connectivity index (χ1v) is 11.0. The van der Waals surface area contributed by atoms with Crippen molar-refractivity contribution in [2.45, 2.75) is 44.0 Å². The van der Waals surface area contributed by atoms with E-state index in [1.54, 1.807) is 6.92 Å². The predicted octanol–water partition coefficient (Wildman–Crippen LogP) is 4.23. The molecule has 2 heterocycles. The van der Waals surface area contributed by atoms with E-state index < -0.39 is 5.38 Å².